The second-order valence-electron chi connectivity index (χ2n) is 10.3. The maximum atomic E-state index is 11.5. The normalized spacial score (nSPS) is 10.8. The van der Waals surface area contributed by atoms with Crippen LogP contribution >= 0.6 is 34.8 Å². The van der Waals surface area contributed by atoms with Crippen molar-refractivity contribution in [3.8, 4) is 11.5 Å². The number of aromatic carboxylic acids is 2. The zero-order chi connectivity index (χ0) is 32.3. The zero-order valence-corrected chi connectivity index (χ0v) is 26.8. The maximum absolute atomic E-state index is 11.5. The third-order valence-corrected chi connectivity index (χ3v) is 7.72. The molecule has 4 aromatic rings. The first kappa shape index (κ1) is 33.8. The molecule has 0 fully saturated rings. The number of nitrogens with one attached hydrogen (secondary N) is 2. The van der Waals surface area contributed by atoms with Gasteiger partial charge in [-0.05, 0) is 73.9 Å². The SMILES string of the molecule is Cc1cc(Nc2ccccc2C(=O)O)cc(Cl)c1OCCCCCCCOc1c(Cl)cc(Nc2ccccc2C(=O)O)cc1Cl. The van der Waals surface area contributed by atoms with Gasteiger partial charge in [-0.15, -0.1) is 0 Å². The molecule has 11 heteroatoms. The number of aryl methyl sites for hydroxylation is 1. The minimum Gasteiger partial charge on any atom is -0.492 e. The summed E-state index contributed by atoms with van der Waals surface area (Å²) < 4.78 is 11.8. The molecule has 0 bridgehead atoms. The Morgan fingerprint density at radius 3 is 1.49 bits per heavy atom. The number of hydrogen-bond acceptors (Lipinski definition) is 6. The number of para-hydroxylation sites is 2. The molecule has 0 aliphatic rings. The molecule has 45 heavy (non-hydrogen) atoms. The standard InChI is InChI=1S/C34H33Cl3N2O6/c1-21-17-22(38-29-13-7-5-11-24(29)33(40)41)18-26(35)31(21)44-15-9-3-2-4-10-16-45-32-27(36)19-23(20-28(32)37)39-30-14-8-6-12-25(30)34(42)43/h5-8,11-14,17-20,38-39H,2-4,9-10,15-16H2,1H3,(H,40,41)(H,42,43). The van der Waals surface area contributed by atoms with E-state index in [-0.39, 0.29) is 11.1 Å². The smallest absolute Gasteiger partial charge is 0.337 e. The molecule has 8 nitrogen and oxygen atoms in total. The first-order valence-corrected chi connectivity index (χ1v) is 15.5. The van der Waals surface area contributed by atoms with Crippen LogP contribution in [0.1, 0.15) is 58.4 Å². The quantitative estimate of drug-likeness (QED) is 0.0870. The highest BCUT2D eigenvalue weighted by Crippen LogP contribution is 2.38. The molecule has 4 N–H and O–H groups in total. The van der Waals surface area contributed by atoms with Crippen LogP contribution < -0.4 is 20.1 Å². The first-order valence-electron chi connectivity index (χ1n) is 14.4. The summed E-state index contributed by atoms with van der Waals surface area (Å²) in [6, 6.07) is 20.2. The molecule has 0 heterocycles. The summed E-state index contributed by atoms with van der Waals surface area (Å²) in [5, 5.41) is 26.1. The van der Waals surface area contributed by atoms with E-state index in [0.717, 1.165) is 37.7 Å². The van der Waals surface area contributed by atoms with Crippen LogP contribution in [0.15, 0.2) is 72.8 Å². The summed E-state index contributed by atoms with van der Waals surface area (Å²) >= 11 is 19.3. The molecule has 4 rings (SSSR count). The van der Waals surface area contributed by atoms with Gasteiger partial charge in [-0.3, -0.25) is 0 Å². The van der Waals surface area contributed by atoms with Crippen molar-refractivity contribution in [3.05, 3.63) is 105 Å². The average molecular weight is 672 g/mol. The van der Waals surface area contributed by atoms with Gasteiger partial charge in [0.25, 0.3) is 0 Å². The summed E-state index contributed by atoms with van der Waals surface area (Å²) in [5.41, 5.74) is 3.31. The number of rotatable bonds is 16. The fourth-order valence-corrected chi connectivity index (χ4v) is 5.62. The molecule has 0 spiro atoms. The van der Waals surface area contributed by atoms with Gasteiger partial charge in [-0.2, -0.15) is 0 Å². The number of hydrogen-bond donors (Lipinski definition) is 4. The molecule has 236 valence electrons. The van der Waals surface area contributed by atoms with Gasteiger partial charge in [0.1, 0.15) is 5.75 Å². The number of halogens is 3. The number of carboxylic acid groups (broad SMARTS) is 2. The lowest BCUT2D eigenvalue weighted by molar-refractivity contribution is 0.0687. The topological polar surface area (TPSA) is 117 Å². The Bertz CT molecular complexity index is 1500. The van der Waals surface area contributed by atoms with Gasteiger partial charge in [0, 0.05) is 11.4 Å². The van der Waals surface area contributed by atoms with Crippen molar-refractivity contribution >= 4 is 69.5 Å². The average Bonchev–Trinajstić information content (AvgIpc) is 2.99. The van der Waals surface area contributed by atoms with Crippen molar-refractivity contribution in [2.24, 2.45) is 0 Å². The van der Waals surface area contributed by atoms with E-state index in [4.69, 9.17) is 44.3 Å². The Hall–Kier alpha value is -4.11. The molecule has 4 aromatic carbocycles. The largest absolute Gasteiger partial charge is 0.492 e. The van der Waals surface area contributed by atoms with E-state index in [1.165, 1.54) is 6.07 Å². The Morgan fingerprint density at radius 1 is 0.622 bits per heavy atom. The van der Waals surface area contributed by atoms with E-state index in [1.807, 2.05) is 13.0 Å². The van der Waals surface area contributed by atoms with Crippen molar-refractivity contribution in [2.45, 2.75) is 39.0 Å². The van der Waals surface area contributed by atoms with Gasteiger partial charge >= 0.3 is 11.9 Å². The number of unbranched alkanes of at least 4 members (excludes halogenated alkanes) is 4. The number of carboxylic acids is 2. The molecule has 0 saturated heterocycles. The summed E-state index contributed by atoms with van der Waals surface area (Å²) in [7, 11) is 0. The van der Waals surface area contributed by atoms with Crippen LogP contribution in [0.25, 0.3) is 0 Å². The lowest BCUT2D eigenvalue weighted by atomic mass is 10.1. The van der Waals surface area contributed by atoms with Gasteiger partial charge in [0.15, 0.2) is 5.75 Å². The van der Waals surface area contributed by atoms with Gasteiger partial charge in [-0.1, -0.05) is 78.3 Å². The van der Waals surface area contributed by atoms with Crippen LogP contribution in [-0.2, 0) is 0 Å². The molecule has 0 radical (unpaired) electrons. The predicted molar refractivity (Wildman–Crippen MR) is 180 cm³/mol. The van der Waals surface area contributed by atoms with E-state index < -0.39 is 11.9 Å². The highest BCUT2D eigenvalue weighted by Gasteiger charge is 2.14. The van der Waals surface area contributed by atoms with Gasteiger partial charge in [0.2, 0.25) is 0 Å². The molecular formula is C34H33Cl3N2O6. The van der Waals surface area contributed by atoms with Gasteiger partial charge < -0.3 is 30.3 Å². The Balaban J connectivity index is 1.16. The highest BCUT2D eigenvalue weighted by atomic mass is 35.5. The Morgan fingerprint density at radius 2 is 1.02 bits per heavy atom. The van der Waals surface area contributed by atoms with E-state index in [9.17, 15) is 19.8 Å². The molecule has 0 atom stereocenters. The fourth-order valence-electron chi connectivity index (χ4n) is 4.71. The molecule has 0 amide bonds. The highest BCUT2D eigenvalue weighted by molar-refractivity contribution is 6.37. The maximum Gasteiger partial charge on any atom is 0.337 e. The van der Waals surface area contributed by atoms with Crippen molar-refractivity contribution in [2.75, 3.05) is 23.8 Å². The second-order valence-corrected chi connectivity index (χ2v) is 11.5. The summed E-state index contributed by atoms with van der Waals surface area (Å²) in [4.78, 5) is 23.0. The monoisotopic (exact) mass is 670 g/mol. The minimum atomic E-state index is -1.04. The molecule has 0 aromatic heterocycles. The third kappa shape index (κ3) is 9.44. The van der Waals surface area contributed by atoms with Crippen LogP contribution in [-0.4, -0.2) is 35.4 Å². The Labute approximate surface area is 276 Å². The van der Waals surface area contributed by atoms with E-state index in [2.05, 4.69) is 10.6 Å². The van der Waals surface area contributed by atoms with Crippen molar-refractivity contribution in [1.82, 2.24) is 0 Å². The summed E-state index contributed by atoms with van der Waals surface area (Å²) in [6.45, 7) is 2.88. The lowest BCUT2D eigenvalue weighted by Gasteiger charge is -2.15. The number of ether oxygens (including phenoxy) is 2. The Kier molecular flexibility index (Phi) is 12.2. The molecular weight excluding hydrogens is 639 g/mol. The van der Waals surface area contributed by atoms with E-state index in [0.29, 0.717) is 62.5 Å². The van der Waals surface area contributed by atoms with Gasteiger partial charge in [0.05, 0.1) is 50.8 Å². The van der Waals surface area contributed by atoms with Crippen molar-refractivity contribution < 1.29 is 29.3 Å². The van der Waals surface area contributed by atoms with E-state index in [1.54, 1.807) is 60.7 Å². The molecule has 0 aliphatic carbocycles. The van der Waals surface area contributed by atoms with Crippen LogP contribution in [0.3, 0.4) is 0 Å². The number of carbonyl (C=O) groups is 2. The van der Waals surface area contributed by atoms with Crippen LogP contribution in [0.2, 0.25) is 15.1 Å². The predicted octanol–water partition coefficient (Wildman–Crippen LogP) is 10.2. The lowest BCUT2D eigenvalue weighted by Crippen LogP contribution is -2.04. The van der Waals surface area contributed by atoms with Crippen molar-refractivity contribution in [3.63, 3.8) is 0 Å². The first-order chi connectivity index (χ1) is 21.6. The number of benzene rings is 4. The second kappa shape index (κ2) is 16.3. The molecule has 0 saturated carbocycles. The summed E-state index contributed by atoms with van der Waals surface area (Å²) in [5.74, 6) is -1.04. The third-order valence-electron chi connectivity index (χ3n) is 6.88. The molecule has 0 aliphatic heterocycles. The minimum absolute atomic E-state index is 0.139. The van der Waals surface area contributed by atoms with E-state index >= 15 is 0 Å². The zero-order valence-electron chi connectivity index (χ0n) is 24.5. The fraction of sp³-hybridized carbons (Fsp3) is 0.235. The van der Waals surface area contributed by atoms with Crippen molar-refractivity contribution in [1.29, 1.82) is 0 Å². The van der Waals surface area contributed by atoms with Gasteiger partial charge in [-0.25, -0.2) is 9.59 Å². The summed E-state index contributed by atoms with van der Waals surface area (Å²) in [6.07, 6.45) is 4.61. The van der Waals surface area contributed by atoms with Crippen LogP contribution in [0.5, 0.6) is 11.5 Å². The van der Waals surface area contributed by atoms with Crippen LogP contribution in [0.4, 0.5) is 22.7 Å². The molecule has 0 unspecified atom stereocenters. The van der Waals surface area contributed by atoms with Crippen LogP contribution in [0, 0.1) is 6.92 Å². The number of anilines is 4.